The summed E-state index contributed by atoms with van der Waals surface area (Å²) in [6.45, 7) is 8.97. The summed E-state index contributed by atoms with van der Waals surface area (Å²) in [5.74, 6) is 0. The molecule has 2 aromatic carbocycles. The monoisotopic (exact) mass is 455 g/mol. The lowest BCUT2D eigenvalue weighted by molar-refractivity contribution is 0.0139. The van der Waals surface area contributed by atoms with Gasteiger partial charge in [0.2, 0.25) is 0 Å². The first-order valence-electron chi connectivity index (χ1n) is 10.7. The van der Waals surface area contributed by atoms with Gasteiger partial charge in [0.1, 0.15) is 5.60 Å². The van der Waals surface area contributed by atoms with E-state index in [1.807, 2.05) is 45.0 Å². The average molecular weight is 456 g/mol. The first-order valence-corrected chi connectivity index (χ1v) is 12.2. The number of carbonyl (C=O) groups is 1. The standard InChI is InChI=1S/C24H29N3O4S/c1-24(2,3)31-23(28)26-16-14-25(15-17-26)18-19-8-7-11-22-21(19)12-13-27(22)32(29,30)20-9-5-4-6-10-20/h4-13H,14-18H2,1-3H3. The van der Waals surface area contributed by atoms with Gasteiger partial charge in [0.25, 0.3) is 10.0 Å². The lowest BCUT2D eigenvalue weighted by atomic mass is 10.1. The van der Waals surface area contributed by atoms with Crippen LogP contribution in [-0.2, 0) is 21.3 Å². The molecule has 0 spiro atoms. The topological polar surface area (TPSA) is 71.8 Å². The number of hydrogen-bond acceptors (Lipinski definition) is 5. The van der Waals surface area contributed by atoms with Crippen LogP contribution in [0, 0.1) is 0 Å². The van der Waals surface area contributed by atoms with E-state index in [1.54, 1.807) is 41.4 Å². The maximum atomic E-state index is 13.1. The normalized spacial score (nSPS) is 15.8. The molecule has 1 fully saturated rings. The molecule has 0 radical (unpaired) electrons. The third-order valence-electron chi connectivity index (χ3n) is 5.51. The van der Waals surface area contributed by atoms with Crippen LogP contribution in [-0.4, -0.2) is 60.1 Å². The van der Waals surface area contributed by atoms with Gasteiger partial charge < -0.3 is 9.64 Å². The number of aromatic nitrogens is 1. The van der Waals surface area contributed by atoms with Crippen LogP contribution in [0.5, 0.6) is 0 Å². The van der Waals surface area contributed by atoms with Gasteiger partial charge in [-0.05, 0) is 50.6 Å². The van der Waals surface area contributed by atoms with Gasteiger partial charge in [0, 0.05) is 44.3 Å². The molecule has 0 N–H and O–H groups in total. The van der Waals surface area contributed by atoms with Crippen LogP contribution in [0.25, 0.3) is 10.9 Å². The Kier molecular flexibility index (Phi) is 6.01. The fraction of sp³-hybridized carbons (Fsp3) is 0.375. The van der Waals surface area contributed by atoms with Gasteiger partial charge in [-0.1, -0.05) is 30.3 Å². The largest absolute Gasteiger partial charge is 0.444 e. The van der Waals surface area contributed by atoms with E-state index in [-0.39, 0.29) is 11.0 Å². The zero-order chi connectivity index (χ0) is 22.9. The second kappa shape index (κ2) is 8.60. The van der Waals surface area contributed by atoms with Crippen molar-refractivity contribution in [1.82, 2.24) is 13.8 Å². The number of carbonyl (C=O) groups excluding carboxylic acids is 1. The molecule has 4 rings (SSSR count). The third kappa shape index (κ3) is 4.66. The highest BCUT2D eigenvalue weighted by Crippen LogP contribution is 2.26. The Bertz CT molecular complexity index is 1210. The van der Waals surface area contributed by atoms with Gasteiger partial charge in [-0.25, -0.2) is 17.2 Å². The van der Waals surface area contributed by atoms with E-state index in [2.05, 4.69) is 4.90 Å². The zero-order valence-electron chi connectivity index (χ0n) is 18.7. The number of hydrogen-bond donors (Lipinski definition) is 0. The van der Waals surface area contributed by atoms with Crippen molar-refractivity contribution >= 4 is 27.0 Å². The Morgan fingerprint density at radius 2 is 1.62 bits per heavy atom. The molecule has 32 heavy (non-hydrogen) atoms. The van der Waals surface area contributed by atoms with E-state index >= 15 is 0 Å². The molecule has 170 valence electrons. The van der Waals surface area contributed by atoms with Gasteiger partial charge in [0.05, 0.1) is 10.4 Å². The molecule has 0 unspecified atom stereocenters. The van der Waals surface area contributed by atoms with Gasteiger partial charge in [-0.15, -0.1) is 0 Å². The molecule has 8 heteroatoms. The molecule has 1 aromatic heterocycles. The molecule has 0 atom stereocenters. The van der Waals surface area contributed by atoms with E-state index in [4.69, 9.17) is 4.74 Å². The minimum Gasteiger partial charge on any atom is -0.444 e. The van der Waals surface area contributed by atoms with E-state index in [0.29, 0.717) is 25.2 Å². The minimum atomic E-state index is -3.66. The number of benzene rings is 2. The number of fused-ring (bicyclic) bond motifs is 1. The second-order valence-corrected chi connectivity index (χ2v) is 10.8. The summed E-state index contributed by atoms with van der Waals surface area (Å²) in [7, 11) is -3.66. The quantitative estimate of drug-likeness (QED) is 0.596. The van der Waals surface area contributed by atoms with Crippen molar-refractivity contribution in [2.24, 2.45) is 0 Å². The Labute approximate surface area is 189 Å². The number of amides is 1. The average Bonchev–Trinajstić information content (AvgIpc) is 3.20. The van der Waals surface area contributed by atoms with Crippen molar-refractivity contribution in [3.63, 3.8) is 0 Å². The van der Waals surface area contributed by atoms with Gasteiger partial charge >= 0.3 is 6.09 Å². The molecule has 1 saturated heterocycles. The van der Waals surface area contributed by atoms with Crippen LogP contribution >= 0.6 is 0 Å². The molecule has 1 amide bonds. The maximum absolute atomic E-state index is 13.1. The molecule has 0 aliphatic carbocycles. The van der Waals surface area contributed by atoms with Crippen molar-refractivity contribution in [1.29, 1.82) is 0 Å². The Balaban J connectivity index is 1.50. The molecule has 7 nitrogen and oxygen atoms in total. The zero-order valence-corrected chi connectivity index (χ0v) is 19.5. The van der Waals surface area contributed by atoms with Crippen LogP contribution in [0.4, 0.5) is 4.79 Å². The predicted octanol–water partition coefficient (Wildman–Crippen LogP) is 3.93. The number of nitrogens with zero attached hydrogens (tertiary/aromatic N) is 3. The summed E-state index contributed by atoms with van der Waals surface area (Å²) in [5, 5.41) is 0.918. The number of ether oxygens (including phenoxy) is 1. The lowest BCUT2D eigenvalue weighted by Gasteiger charge is -2.35. The SMILES string of the molecule is CC(C)(C)OC(=O)N1CCN(Cc2cccc3c2ccn3S(=O)(=O)c2ccccc2)CC1. The van der Waals surface area contributed by atoms with E-state index in [9.17, 15) is 13.2 Å². The maximum Gasteiger partial charge on any atom is 0.410 e. The van der Waals surface area contributed by atoms with Gasteiger partial charge in [-0.2, -0.15) is 0 Å². The lowest BCUT2D eigenvalue weighted by Crippen LogP contribution is -2.49. The highest BCUT2D eigenvalue weighted by molar-refractivity contribution is 7.90. The fourth-order valence-corrected chi connectivity index (χ4v) is 5.28. The summed E-state index contributed by atoms with van der Waals surface area (Å²) in [6.07, 6.45) is 1.35. The van der Waals surface area contributed by atoms with Crippen molar-refractivity contribution in [2.45, 2.75) is 37.8 Å². The first kappa shape index (κ1) is 22.4. The molecule has 1 aliphatic heterocycles. The third-order valence-corrected chi connectivity index (χ3v) is 7.21. The van der Waals surface area contributed by atoms with Crippen LogP contribution in [0.15, 0.2) is 65.7 Å². The summed E-state index contributed by atoms with van der Waals surface area (Å²) in [4.78, 5) is 16.6. The van der Waals surface area contributed by atoms with Gasteiger partial charge in [-0.3, -0.25) is 4.90 Å². The molecule has 3 aromatic rings. The van der Waals surface area contributed by atoms with Crippen LogP contribution in [0.1, 0.15) is 26.3 Å². The van der Waals surface area contributed by atoms with Crippen molar-refractivity contribution in [3.8, 4) is 0 Å². The van der Waals surface area contributed by atoms with Crippen molar-refractivity contribution in [2.75, 3.05) is 26.2 Å². The molecule has 1 aliphatic rings. The molecular formula is C24H29N3O4S. The smallest absolute Gasteiger partial charge is 0.410 e. The summed E-state index contributed by atoms with van der Waals surface area (Å²) < 4.78 is 33.0. The van der Waals surface area contributed by atoms with E-state index in [0.717, 1.165) is 24.0 Å². The Morgan fingerprint density at radius 1 is 0.938 bits per heavy atom. The number of rotatable bonds is 4. The highest BCUT2D eigenvalue weighted by atomic mass is 32.2. The molecule has 0 bridgehead atoms. The summed E-state index contributed by atoms with van der Waals surface area (Å²) >= 11 is 0. The van der Waals surface area contributed by atoms with Crippen LogP contribution < -0.4 is 0 Å². The van der Waals surface area contributed by atoms with Crippen LogP contribution in [0.3, 0.4) is 0 Å². The highest BCUT2D eigenvalue weighted by Gasteiger charge is 2.26. The van der Waals surface area contributed by atoms with Crippen LogP contribution in [0.2, 0.25) is 0 Å². The molecule has 2 heterocycles. The van der Waals surface area contributed by atoms with E-state index in [1.165, 1.54) is 3.97 Å². The molecule has 0 saturated carbocycles. The summed E-state index contributed by atoms with van der Waals surface area (Å²) in [5.41, 5.74) is 1.23. The van der Waals surface area contributed by atoms with E-state index < -0.39 is 15.6 Å². The first-order chi connectivity index (χ1) is 15.1. The van der Waals surface area contributed by atoms with Crippen molar-refractivity contribution in [3.05, 3.63) is 66.4 Å². The van der Waals surface area contributed by atoms with Crippen molar-refractivity contribution < 1.29 is 17.9 Å². The Morgan fingerprint density at radius 3 is 2.28 bits per heavy atom. The second-order valence-electron chi connectivity index (χ2n) is 9.02. The summed E-state index contributed by atoms with van der Waals surface area (Å²) in [6, 6.07) is 16.1. The molecular weight excluding hydrogens is 426 g/mol. The number of piperazine rings is 1. The minimum absolute atomic E-state index is 0.265. The Hall–Kier alpha value is -2.84. The van der Waals surface area contributed by atoms with Gasteiger partial charge in [0.15, 0.2) is 0 Å². The predicted molar refractivity (Wildman–Crippen MR) is 124 cm³/mol. The fourth-order valence-electron chi connectivity index (χ4n) is 3.92.